The Morgan fingerprint density at radius 2 is 2.06 bits per heavy atom. The van der Waals surface area contributed by atoms with Crippen LogP contribution in [0.5, 0.6) is 5.88 Å². The predicted octanol–water partition coefficient (Wildman–Crippen LogP) is 4.19. The van der Waals surface area contributed by atoms with Crippen molar-refractivity contribution in [3.05, 3.63) is 63.8 Å². The number of hydrogen-bond acceptors (Lipinski definition) is 8. The average Bonchev–Trinajstić information content (AvgIpc) is 2.85. The maximum atomic E-state index is 13.1. The zero-order valence-corrected chi connectivity index (χ0v) is 20.3. The maximum absolute atomic E-state index is 13.1. The molecule has 11 heteroatoms. The van der Waals surface area contributed by atoms with E-state index in [0.717, 1.165) is 25.3 Å². The first-order valence-electron chi connectivity index (χ1n) is 11.0. The van der Waals surface area contributed by atoms with Crippen LogP contribution in [-0.4, -0.2) is 48.3 Å². The Hall–Kier alpha value is -3.58. The second-order valence-corrected chi connectivity index (χ2v) is 9.02. The molecule has 0 aliphatic carbocycles. The van der Waals surface area contributed by atoms with Gasteiger partial charge in [-0.1, -0.05) is 29.3 Å². The fourth-order valence-corrected chi connectivity index (χ4v) is 4.81. The SMILES string of the molecule is C[C@H]1CNCCN1c1ccc(Nc2ncc3c(n2)OCN(c2c(Cl)cccc2Cl)C3=O)cc1C#N. The van der Waals surface area contributed by atoms with E-state index in [2.05, 4.69) is 38.5 Å². The number of rotatable bonds is 4. The minimum absolute atomic E-state index is 0.0953. The third kappa shape index (κ3) is 4.44. The van der Waals surface area contributed by atoms with Gasteiger partial charge in [0.25, 0.3) is 5.91 Å². The van der Waals surface area contributed by atoms with E-state index in [1.165, 1.54) is 11.1 Å². The van der Waals surface area contributed by atoms with E-state index in [9.17, 15) is 10.1 Å². The number of halogens is 2. The minimum atomic E-state index is -0.367. The van der Waals surface area contributed by atoms with Crippen LogP contribution in [0.1, 0.15) is 22.8 Å². The Labute approximate surface area is 212 Å². The number of hydrogen-bond donors (Lipinski definition) is 2. The molecule has 1 amide bonds. The molecule has 3 aromatic rings. The van der Waals surface area contributed by atoms with E-state index in [-0.39, 0.29) is 36.1 Å². The van der Waals surface area contributed by atoms with Crippen molar-refractivity contribution in [2.45, 2.75) is 13.0 Å². The third-order valence-corrected chi connectivity index (χ3v) is 6.56. The molecular formula is C24H21Cl2N7O2. The molecule has 0 spiro atoms. The largest absolute Gasteiger partial charge is 0.455 e. The first-order chi connectivity index (χ1) is 17.0. The molecule has 5 rings (SSSR count). The fourth-order valence-electron chi connectivity index (χ4n) is 4.21. The number of ether oxygens (including phenoxy) is 1. The Morgan fingerprint density at radius 3 is 2.80 bits per heavy atom. The molecule has 1 atom stereocenters. The molecule has 35 heavy (non-hydrogen) atoms. The van der Waals surface area contributed by atoms with Crippen LogP contribution in [0.3, 0.4) is 0 Å². The maximum Gasteiger partial charge on any atom is 0.268 e. The van der Waals surface area contributed by atoms with Gasteiger partial charge in [-0.3, -0.25) is 9.69 Å². The molecule has 2 aromatic carbocycles. The zero-order chi connectivity index (χ0) is 24.5. The number of piperazine rings is 1. The second kappa shape index (κ2) is 9.58. The van der Waals surface area contributed by atoms with Crippen molar-refractivity contribution < 1.29 is 9.53 Å². The number of benzene rings is 2. The van der Waals surface area contributed by atoms with Crippen LogP contribution in [0.2, 0.25) is 10.0 Å². The predicted molar refractivity (Wildman–Crippen MR) is 135 cm³/mol. The van der Waals surface area contributed by atoms with Crippen LogP contribution >= 0.6 is 23.2 Å². The number of aromatic nitrogens is 2. The molecule has 1 aromatic heterocycles. The van der Waals surface area contributed by atoms with Gasteiger partial charge in [-0.15, -0.1) is 0 Å². The van der Waals surface area contributed by atoms with Gasteiger partial charge < -0.3 is 20.3 Å². The Morgan fingerprint density at radius 1 is 1.26 bits per heavy atom. The average molecular weight is 510 g/mol. The van der Waals surface area contributed by atoms with Gasteiger partial charge in [0.2, 0.25) is 11.8 Å². The van der Waals surface area contributed by atoms with Crippen molar-refractivity contribution in [3.63, 3.8) is 0 Å². The monoisotopic (exact) mass is 509 g/mol. The van der Waals surface area contributed by atoms with Crippen LogP contribution in [-0.2, 0) is 0 Å². The number of carbonyl (C=O) groups excluding carboxylic acids is 1. The number of nitriles is 1. The minimum Gasteiger partial charge on any atom is -0.455 e. The van der Waals surface area contributed by atoms with Crippen LogP contribution in [0.4, 0.5) is 23.0 Å². The summed E-state index contributed by atoms with van der Waals surface area (Å²) in [7, 11) is 0. The summed E-state index contributed by atoms with van der Waals surface area (Å²) in [5, 5.41) is 16.9. The number of anilines is 4. The number of para-hydroxylation sites is 1. The van der Waals surface area contributed by atoms with Crippen molar-refractivity contribution >= 4 is 52.1 Å². The molecular weight excluding hydrogens is 489 g/mol. The summed E-state index contributed by atoms with van der Waals surface area (Å²) in [5.41, 5.74) is 2.67. The van der Waals surface area contributed by atoms with E-state index in [0.29, 0.717) is 27.0 Å². The normalized spacial score (nSPS) is 17.4. The van der Waals surface area contributed by atoms with E-state index in [1.807, 2.05) is 12.1 Å². The highest BCUT2D eigenvalue weighted by Crippen LogP contribution is 2.37. The van der Waals surface area contributed by atoms with Crippen molar-refractivity contribution in [1.82, 2.24) is 15.3 Å². The van der Waals surface area contributed by atoms with Crippen molar-refractivity contribution in [2.75, 3.05) is 41.5 Å². The molecule has 0 bridgehead atoms. The zero-order valence-electron chi connectivity index (χ0n) is 18.8. The van der Waals surface area contributed by atoms with E-state index < -0.39 is 0 Å². The van der Waals surface area contributed by atoms with E-state index in [1.54, 1.807) is 24.3 Å². The summed E-state index contributed by atoms with van der Waals surface area (Å²) in [6.45, 7) is 4.60. The van der Waals surface area contributed by atoms with Gasteiger partial charge in [0.1, 0.15) is 11.6 Å². The van der Waals surface area contributed by atoms with Gasteiger partial charge >= 0.3 is 0 Å². The van der Waals surface area contributed by atoms with Crippen LogP contribution in [0, 0.1) is 11.3 Å². The van der Waals surface area contributed by atoms with Crippen LogP contribution < -0.4 is 25.2 Å². The molecule has 1 fully saturated rings. The molecule has 0 saturated carbocycles. The molecule has 1 saturated heterocycles. The summed E-state index contributed by atoms with van der Waals surface area (Å²) in [4.78, 5) is 25.3. The Kier molecular flexibility index (Phi) is 6.34. The number of nitrogens with zero attached hydrogens (tertiary/aromatic N) is 5. The summed E-state index contributed by atoms with van der Waals surface area (Å²) >= 11 is 12.5. The Bertz CT molecular complexity index is 1320. The fraction of sp³-hybridized carbons (Fsp3) is 0.250. The molecule has 0 radical (unpaired) electrons. The Balaban J connectivity index is 1.37. The standard InChI is InChI=1S/C24H21Cl2N7O2/c1-14-11-28-7-8-32(14)20-6-5-16(9-15(20)10-27)30-24-29-12-17-22(31-24)35-13-33(23(17)34)21-18(25)3-2-4-19(21)26/h2-6,9,12,14,28H,7-8,11,13H2,1H3,(H,29,30,31)/t14-/m0/s1. The summed E-state index contributed by atoms with van der Waals surface area (Å²) in [6.07, 6.45) is 1.39. The molecule has 2 N–H and O–H groups in total. The van der Waals surface area contributed by atoms with Crippen LogP contribution in [0.15, 0.2) is 42.6 Å². The molecule has 3 heterocycles. The smallest absolute Gasteiger partial charge is 0.268 e. The molecule has 178 valence electrons. The summed E-state index contributed by atoms with van der Waals surface area (Å²) in [5.74, 6) is 0.0284. The van der Waals surface area contributed by atoms with Crippen molar-refractivity contribution in [2.24, 2.45) is 0 Å². The first-order valence-corrected chi connectivity index (χ1v) is 11.8. The highest BCUT2D eigenvalue weighted by molar-refractivity contribution is 6.40. The van der Waals surface area contributed by atoms with Gasteiger partial charge in [0, 0.05) is 37.6 Å². The lowest BCUT2D eigenvalue weighted by molar-refractivity contribution is 0.0932. The third-order valence-electron chi connectivity index (χ3n) is 5.95. The van der Waals surface area contributed by atoms with Gasteiger partial charge in [0.05, 0.1) is 27.0 Å². The molecule has 2 aliphatic rings. The van der Waals surface area contributed by atoms with Gasteiger partial charge in [0.15, 0.2) is 6.73 Å². The van der Waals surface area contributed by atoms with Gasteiger partial charge in [-0.2, -0.15) is 10.2 Å². The van der Waals surface area contributed by atoms with E-state index >= 15 is 0 Å². The van der Waals surface area contributed by atoms with Crippen molar-refractivity contribution in [1.29, 1.82) is 5.26 Å². The lowest BCUT2D eigenvalue weighted by Crippen LogP contribution is -2.50. The highest BCUT2D eigenvalue weighted by atomic mass is 35.5. The second-order valence-electron chi connectivity index (χ2n) is 8.20. The molecule has 9 nitrogen and oxygen atoms in total. The number of carbonyl (C=O) groups is 1. The molecule has 0 unspecified atom stereocenters. The lowest BCUT2D eigenvalue weighted by atomic mass is 10.1. The number of fused-ring (bicyclic) bond motifs is 1. The number of nitrogens with one attached hydrogen (secondary N) is 2. The summed E-state index contributed by atoms with van der Waals surface area (Å²) in [6, 6.07) is 13.1. The quantitative estimate of drug-likeness (QED) is 0.538. The van der Waals surface area contributed by atoms with Gasteiger partial charge in [-0.05, 0) is 37.3 Å². The molecule has 2 aliphatic heterocycles. The van der Waals surface area contributed by atoms with Crippen LogP contribution in [0.25, 0.3) is 0 Å². The van der Waals surface area contributed by atoms with E-state index in [4.69, 9.17) is 27.9 Å². The number of amides is 1. The van der Waals surface area contributed by atoms with Crippen molar-refractivity contribution in [3.8, 4) is 11.9 Å². The summed E-state index contributed by atoms with van der Waals surface area (Å²) < 4.78 is 5.74. The van der Waals surface area contributed by atoms with Gasteiger partial charge in [-0.25, -0.2) is 4.98 Å². The first kappa shape index (κ1) is 23.2. The topological polar surface area (TPSA) is 106 Å². The lowest BCUT2D eigenvalue weighted by Gasteiger charge is -2.36. The highest BCUT2D eigenvalue weighted by Gasteiger charge is 2.31.